The zero-order valence-electron chi connectivity index (χ0n) is 9.14. The van der Waals surface area contributed by atoms with Gasteiger partial charge in [0.25, 0.3) is 0 Å². The first-order valence-electron chi connectivity index (χ1n) is 4.57. The van der Waals surface area contributed by atoms with E-state index in [9.17, 15) is 18.0 Å². The summed E-state index contributed by atoms with van der Waals surface area (Å²) >= 11 is 1.81. The van der Waals surface area contributed by atoms with Crippen molar-refractivity contribution in [3.8, 4) is 0 Å². The maximum Gasteiger partial charge on any atom is 0.304 e. The van der Waals surface area contributed by atoms with Gasteiger partial charge in [-0.05, 0) is 33.4 Å². The summed E-state index contributed by atoms with van der Waals surface area (Å²) < 4.78 is 31.8. The lowest BCUT2D eigenvalue weighted by molar-refractivity contribution is -0.163. The first kappa shape index (κ1) is 15.0. The minimum atomic E-state index is -3.34. The Labute approximate surface area is 116 Å². The number of halogens is 1. The van der Waals surface area contributed by atoms with Crippen LogP contribution in [0.2, 0.25) is 0 Å². The molecule has 17 heavy (non-hydrogen) atoms. The summed E-state index contributed by atoms with van der Waals surface area (Å²) in [6.07, 6.45) is -0.976. The molecule has 1 saturated heterocycles. The third-order valence-corrected chi connectivity index (χ3v) is 7.16. The van der Waals surface area contributed by atoms with Crippen LogP contribution in [0.1, 0.15) is 13.8 Å². The molecule has 1 aliphatic heterocycles. The lowest BCUT2D eigenvalue weighted by Gasteiger charge is -2.36. The summed E-state index contributed by atoms with van der Waals surface area (Å²) in [5, 5.41) is 0. The van der Waals surface area contributed by atoms with Crippen LogP contribution in [0.4, 0.5) is 0 Å². The van der Waals surface area contributed by atoms with Crippen molar-refractivity contribution in [1.29, 1.82) is 0 Å². The summed E-state index contributed by atoms with van der Waals surface area (Å²) in [5.41, 5.74) is 0. The topological polar surface area (TPSA) is 86.7 Å². The molecule has 0 aliphatic carbocycles. The van der Waals surface area contributed by atoms with Crippen LogP contribution in [0, 0.1) is 0 Å². The summed E-state index contributed by atoms with van der Waals surface area (Å²) in [7, 11) is -2.64. The lowest BCUT2D eigenvalue weighted by Crippen LogP contribution is -2.51. The smallest absolute Gasteiger partial charge is 0.304 e. The number of alkyl halides is 1. The predicted octanol–water partition coefficient (Wildman–Crippen LogP) is 0.689. The highest BCUT2D eigenvalue weighted by molar-refractivity contribution is 14.1. The molecule has 1 aliphatic rings. The molecule has 9 heteroatoms. The van der Waals surface area contributed by atoms with E-state index in [4.69, 9.17) is 9.47 Å². The number of carbonyl (C=O) groups excluding carboxylic acids is 2. The van der Waals surface area contributed by atoms with Gasteiger partial charge in [-0.15, -0.1) is 0 Å². The quantitative estimate of drug-likeness (QED) is 0.295. The number of hydrogen-bond acceptors (Lipinski definition) is 7. The molecule has 0 N–H and O–H groups in total. The summed E-state index contributed by atoms with van der Waals surface area (Å²) in [6.45, 7) is 2.40. The number of esters is 2. The van der Waals surface area contributed by atoms with E-state index in [0.717, 1.165) is 0 Å². The molecule has 1 heterocycles. The molecule has 0 aromatic carbocycles. The van der Waals surface area contributed by atoms with Crippen molar-refractivity contribution < 1.29 is 27.5 Å². The van der Waals surface area contributed by atoms with E-state index >= 15 is 0 Å². The molecule has 0 aromatic rings. The SMILES string of the molecule is CC(=O)O[C@@H]1CS(=O)(=O)SC[C@@]1(I)OC(C)=O. The number of ether oxygens (including phenoxy) is 2. The highest BCUT2D eigenvalue weighted by atomic mass is 127. The molecular formula is C8H11IO6S2. The molecule has 2 atom stereocenters. The minimum Gasteiger partial charge on any atom is -0.456 e. The standard InChI is InChI=1S/C8H11IO6S2/c1-5(10)14-7-3-17(12,13)16-4-8(7,9)15-6(2)11/h7H,3-4H2,1-2H3/t7-,8-/m1/s1. The fraction of sp³-hybridized carbons (Fsp3) is 0.750. The molecular weight excluding hydrogens is 383 g/mol. The summed E-state index contributed by atoms with van der Waals surface area (Å²) in [4.78, 5) is 21.9. The van der Waals surface area contributed by atoms with Crippen molar-refractivity contribution >= 4 is 54.2 Å². The highest BCUT2D eigenvalue weighted by Crippen LogP contribution is 2.39. The first-order chi connectivity index (χ1) is 7.65. The Kier molecular flexibility index (Phi) is 4.69. The van der Waals surface area contributed by atoms with Crippen LogP contribution in [-0.2, 0) is 27.9 Å². The van der Waals surface area contributed by atoms with E-state index in [0.29, 0.717) is 10.8 Å². The van der Waals surface area contributed by atoms with Gasteiger partial charge in [0.1, 0.15) is 5.75 Å². The van der Waals surface area contributed by atoms with Gasteiger partial charge in [-0.1, -0.05) is 0 Å². The van der Waals surface area contributed by atoms with Crippen molar-refractivity contribution in [2.24, 2.45) is 0 Å². The van der Waals surface area contributed by atoms with Gasteiger partial charge in [0.15, 0.2) is 6.10 Å². The Hall–Kier alpha value is -0.0300. The Bertz CT molecular complexity index is 433. The van der Waals surface area contributed by atoms with Gasteiger partial charge in [-0.3, -0.25) is 9.59 Å². The number of carbonyl (C=O) groups is 2. The van der Waals surface area contributed by atoms with Gasteiger partial charge in [0.2, 0.25) is 12.5 Å². The van der Waals surface area contributed by atoms with Crippen LogP contribution < -0.4 is 0 Å². The molecule has 1 fully saturated rings. The fourth-order valence-electron chi connectivity index (χ4n) is 1.28. The maximum atomic E-state index is 11.4. The first-order valence-corrected chi connectivity index (χ1v) is 8.81. The van der Waals surface area contributed by atoms with Crippen molar-refractivity contribution in [3.63, 3.8) is 0 Å². The average molecular weight is 394 g/mol. The van der Waals surface area contributed by atoms with Crippen molar-refractivity contribution in [1.82, 2.24) is 0 Å². The van der Waals surface area contributed by atoms with Crippen LogP contribution in [-0.4, -0.2) is 41.6 Å². The van der Waals surface area contributed by atoms with Crippen LogP contribution in [0.3, 0.4) is 0 Å². The average Bonchev–Trinajstić information content (AvgIpc) is 2.10. The Morgan fingerprint density at radius 2 is 1.94 bits per heavy atom. The van der Waals surface area contributed by atoms with E-state index in [1.165, 1.54) is 13.8 Å². The molecule has 0 aromatic heterocycles. The maximum absolute atomic E-state index is 11.4. The zero-order valence-corrected chi connectivity index (χ0v) is 12.9. The van der Waals surface area contributed by atoms with Crippen molar-refractivity contribution in [2.45, 2.75) is 23.6 Å². The summed E-state index contributed by atoms with van der Waals surface area (Å²) in [6, 6.07) is 0. The third-order valence-electron chi connectivity index (χ3n) is 1.89. The predicted molar refractivity (Wildman–Crippen MR) is 70.3 cm³/mol. The molecule has 0 radical (unpaired) electrons. The molecule has 0 spiro atoms. The van der Waals surface area contributed by atoms with E-state index in [1.54, 1.807) is 0 Å². The highest BCUT2D eigenvalue weighted by Gasteiger charge is 2.49. The van der Waals surface area contributed by atoms with Gasteiger partial charge in [-0.2, -0.15) is 0 Å². The van der Waals surface area contributed by atoms with Crippen LogP contribution >= 0.6 is 33.4 Å². The van der Waals surface area contributed by atoms with Crippen molar-refractivity contribution in [3.05, 3.63) is 0 Å². The van der Waals surface area contributed by atoms with Crippen LogP contribution in [0.15, 0.2) is 0 Å². The van der Waals surface area contributed by atoms with Gasteiger partial charge in [0.05, 0.1) is 5.75 Å². The normalized spacial score (nSPS) is 31.6. The van der Waals surface area contributed by atoms with E-state index in [2.05, 4.69) is 0 Å². The molecule has 98 valence electrons. The minimum absolute atomic E-state index is 0.0351. The molecule has 0 unspecified atom stereocenters. The lowest BCUT2D eigenvalue weighted by atomic mass is 10.2. The number of hydrogen-bond donors (Lipinski definition) is 0. The second kappa shape index (κ2) is 5.31. The van der Waals surface area contributed by atoms with Crippen LogP contribution in [0.5, 0.6) is 0 Å². The van der Waals surface area contributed by atoms with Gasteiger partial charge >= 0.3 is 11.9 Å². The Balaban J connectivity index is 2.94. The number of rotatable bonds is 2. The van der Waals surface area contributed by atoms with Gasteiger partial charge in [-0.25, -0.2) is 8.42 Å². The van der Waals surface area contributed by atoms with Crippen molar-refractivity contribution in [2.75, 3.05) is 11.5 Å². The Morgan fingerprint density at radius 1 is 1.35 bits per heavy atom. The largest absolute Gasteiger partial charge is 0.456 e. The Morgan fingerprint density at radius 3 is 2.41 bits per heavy atom. The molecule has 6 nitrogen and oxygen atoms in total. The van der Waals surface area contributed by atoms with Crippen LogP contribution in [0.25, 0.3) is 0 Å². The third kappa shape index (κ3) is 4.28. The second-order valence-electron chi connectivity index (χ2n) is 3.46. The van der Waals surface area contributed by atoms with E-state index in [-0.39, 0.29) is 11.5 Å². The molecule has 0 saturated carbocycles. The zero-order chi connectivity index (χ0) is 13.3. The second-order valence-corrected chi connectivity index (χ2v) is 9.49. The fourth-order valence-corrected chi connectivity index (χ4v) is 6.45. The van der Waals surface area contributed by atoms with Gasteiger partial charge < -0.3 is 9.47 Å². The van der Waals surface area contributed by atoms with Gasteiger partial charge in [0, 0.05) is 13.8 Å². The summed E-state index contributed by atoms with van der Waals surface area (Å²) in [5.74, 6) is -1.47. The van der Waals surface area contributed by atoms with E-state index < -0.39 is 30.5 Å². The molecule has 0 amide bonds. The monoisotopic (exact) mass is 394 g/mol. The van der Waals surface area contributed by atoms with E-state index in [1.807, 2.05) is 22.6 Å². The molecule has 0 bridgehead atoms. The molecule has 1 rings (SSSR count).